The average Bonchev–Trinajstić information content (AvgIpc) is 2.61. The molecule has 5 nitrogen and oxygen atoms in total. The standard InChI is InChI=1S/C18H25NO4/c1-22-17-9-7-14(8-10-17)12-23-13-16(20)11-19-18(21)15-5-3-2-4-6-15/h2-3,7-10,15-16,20H,4-6,11-13H2,1H3,(H,19,21)/t15-,16-/m0/s1. The van der Waals surface area contributed by atoms with E-state index < -0.39 is 6.10 Å². The number of aliphatic hydroxyl groups excluding tert-OH is 1. The van der Waals surface area contributed by atoms with Gasteiger partial charge in [0.05, 0.1) is 26.4 Å². The summed E-state index contributed by atoms with van der Waals surface area (Å²) in [5.74, 6) is 0.852. The number of aliphatic hydroxyl groups is 1. The fraction of sp³-hybridized carbons (Fsp3) is 0.500. The van der Waals surface area contributed by atoms with Crippen LogP contribution in [0.2, 0.25) is 0 Å². The van der Waals surface area contributed by atoms with Gasteiger partial charge in [-0.15, -0.1) is 0 Å². The number of nitrogens with one attached hydrogen (secondary N) is 1. The minimum absolute atomic E-state index is 0.0172. The highest BCUT2D eigenvalue weighted by molar-refractivity contribution is 5.78. The fourth-order valence-electron chi connectivity index (χ4n) is 2.49. The molecule has 126 valence electrons. The first kappa shape index (κ1) is 17.5. The second-order valence-corrected chi connectivity index (χ2v) is 5.74. The van der Waals surface area contributed by atoms with E-state index in [0.29, 0.717) is 6.61 Å². The van der Waals surface area contributed by atoms with E-state index in [2.05, 4.69) is 11.4 Å². The van der Waals surface area contributed by atoms with Gasteiger partial charge < -0.3 is 19.9 Å². The van der Waals surface area contributed by atoms with Crippen LogP contribution in [0.1, 0.15) is 24.8 Å². The summed E-state index contributed by atoms with van der Waals surface area (Å²) in [6, 6.07) is 7.58. The Bertz CT molecular complexity index is 512. The van der Waals surface area contributed by atoms with Crippen LogP contribution in [0.4, 0.5) is 0 Å². The van der Waals surface area contributed by atoms with Crippen LogP contribution >= 0.6 is 0 Å². The molecule has 1 aliphatic carbocycles. The molecule has 0 saturated carbocycles. The van der Waals surface area contributed by atoms with Crippen molar-refractivity contribution in [3.05, 3.63) is 42.0 Å². The highest BCUT2D eigenvalue weighted by Crippen LogP contribution is 2.17. The van der Waals surface area contributed by atoms with Crippen LogP contribution in [0.25, 0.3) is 0 Å². The van der Waals surface area contributed by atoms with Crippen LogP contribution in [0.3, 0.4) is 0 Å². The van der Waals surface area contributed by atoms with E-state index in [9.17, 15) is 9.90 Å². The van der Waals surface area contributed by atoms with Crippen molar-refractivity contribution in [2.75, 3.05) is 20.3 Å². The fourth-order valence-corrected chi connectivity index (χ4v) is 2.49. The van der Waals surface area contributed by atoms with Gasteiger partial charge in [0.15, 0.2) is 0 Å². The first-order chi connectivity index (χ1) is 11.2. The number of hydrogen-bond donors (Lipinski definition) is 2. The topological polar surface area (TPSA) is 67.8 Å². The Balaban J connectivity index is 1.61. The van der Waals surface area contributed by atoms with Crippen molar-refractivity contribution in [1.82, 2.24) is 5.32 Å². The van der Waals surface area contributed by atoms with Crippen molar-refractivity contribution < 1.29 is 19.4 Å². The number of hydrogen-bond acceptors (Lipinski definition) is 4. The highest BCUT2D eigenvalue weighted by Gasteiger charge is 2.19. The van der Waals surface area contributed by atoms with Crippen LogP contribution in [-0.4, -0.2) is 37.4 Å². The van der Waals surface area contributed by atoms with Crippen molar-refractivity contribution in [1.29, 1.82) is 0 Å². The molecule has 2 rings (SSSR count). The molecule has 5 heteroatoms. The number of carbonyl (C=O) groups excluding carboxylic acids is 1. The van der Waals surface area contributed by atoms with Gasteiger partial charge in [-0.1, -0.05) is 24.3 Å². The molecular weight excluding hydrogens is 294 g/mol. The summed E-state index contributed by atoms with van der Waals surface area (Å²) in [7, 11) is 1.62. The van der Waals surface area contributed by atoms with E-state index >= 15 is 0 Å². The Morgan fingerprint density at radius 3 is 2.78 bits per heavy atom. The quantitative estimate of drug-likeness (QED) is 0.720. The lowest BCUT2D eigenvalue weighted by molar-refractivity contribution is -0.125. The van der Waals surface area contributed by atoms with Gasteiger partial charge in [0.1, 0.15) is 5.75 Å². The minimum Gasteiger partial charge on any atom is -0.497 e. The second kappa shape index (κ2) is 9.33. The molecule has 2 N–H and O–H groups in total. The van der Waals surface area contributed by atoms with Crippen LogP contribution < -0.4 is 10.1 Å². The lowest BCUT2D eigenvalue weighted by Crippen LogP contribution is -2.38. The van der Waals surface area contributed by atoms with Crippen molar-refractivity contribution in [3.63, 3.8) is 0 Å². The number of benzene rings is 1. The third-order valence-corrected chi connectivity index (χ3v) is 3.89. The molecule has 0 heterocycles. The summed E-state index contributed by atoms with van der Waals surface area (Å²) in [5, 5.41) is 12.7. The van der Waals surface area contributed by atoms with Crippen molar-refractivity contribution in [2.24, 2.45) is 5.92 Å². The Labute approximate surface area is 137 Å². The predicted molar refractivity (Wildman–Crippen MR) is 88.1 cm³/mol. The summed E-state index contributed by atoms with van der Waals surface area (Å²) in [6.45, 7) is 0.834. The van der Waals surface area contributed by atoms with E-state index in [1.165, 1.54) is 0 Å². The Morgan fingerprint density at radius 2 is 2.13 bits per heavy atom. The number of allylic oxidation sites excluding steroid dienone is 2. The maximum atomic E-state index is 11.9. The van der Waals surface area contributed by atoms with Gasteiger partial charge in [0.2, 0.25) is 5.91 Å². The largest absolute Gasteiger partial charge is 0.497 e. The highest BCUT2D eigenvalue weighted by atomic mass is 16.5. The zero-order valence-corrected chi connectivity index (χ0v) is 13.5. The predicted octanol–water partition coefficient (Wildman–Crippen LogP) is 2.05. The van der Waals surface area contributed by atoms with E-state index in [4.69, 9.17) is 9.47 Å². The molecule has 1 aliphatic rings. The van der Waals surface area contributed by atoms with Gasteiger partial charge >= 0.3 is 0 Å². The molecule has 23 heavy (non-hydrogen) atoms. The first-order valence-electron chi connectivity index (χ1n) is 8.00. The van der Waals surface area contributed by atoms with E-state index in [1.54, 1.807) is 7.11 Å². The summed E-state index contributed by atoms with van der Waals surface area (Å²) < 4.78 is 10.6. The summed E-state index contributed by atoms with van der Waals surface area (Å²) in [6.07, 6.45) is 6.07. The lowest BCUT2D eigenvalue weighted by atomic mass is 9.94. The monoisotopic (exact) mass is 319 g/mol. The molecule has 2 atom stereocenters. The maximum absolute atomic E-state index is 11.9. The minimum atomic E-state index is -0.698. The van der Waals surface area contributed by atoms with Crippen molar-refractivity contribution in [3.8, 4) is 5.75 Å². The van der Waals surface area contributed by atoms with Gasteiger partial charge in [0, 0.05) is 12.5 Å². The van der Waals surface area contributed by atoms with Gasteiger partial charge in [0.25, 0.3) is 0 Å². The third-order valence-electron chi connectivity index (χ3n) is 3.89. The molecule has 1 amide bonds. The number of ether oxygens (including phenoxy) is 2. The first-order valence-corrected chi connectivity index (χ1v) is 8.00. The summed E-state index contributed by atoms with van der Waals surface area (Å²) >= 11 is 0. The molecule has 1 aromatic rings. The van der Waals surface area contributed by atoms with Gasteiger partial charge in [-0.25, -0.2) is 0 Å². The third kappa shape index (κ3) is 6.04. The number of methoxy groups -OCH3 is 1. The Kier molecular flexibility index (Phi) is 7.10. The van der Waals surface area contributed by atoms with Crippen molar-refractivity contribution in [2.45, 2.75) is 32.0 Å². The van der Waals surface area contributed by atoms with Gasteiger partial charge in [-0.2, -0.15) is 0 Å². The average molecular weight is 319 g/mol. The zero-order valence-electron chi connectivity index (χ0n) is 13.5. The van der Waals surface area contributed by atoms with Gasteiger partial charge in [-0.3, -0.25) is 4.79 Å². The molecular formula is C18H25NO4. The second-order valence-electron chi connectivity index (χ2n) is 5.74. The molecule has 0 aliphatic heterocycles. The molecule has 1 aromatic carbocycles. The van der Waals surface area contributed by atoms with Crippen LogP contribution in [0.5, 0.6) is 5.75 Å². The zero-order chi connectivity index (χ0) is 16.5. The molecule has 0 radical (unpaired) electrons. The van der Waals surface area contributed by atoms with Crippen LogP contribution in [0.15, 0.2) is 36.4 Å². The number of rotatable bonds is 8. The SMILES string of the molecule is COc1ccc(COC[C@@H](O)CNC(=O)[C@H]2CC=CCC2)cc1. The molecule has 0 fully saturated rings. The van der Waals surface area contributed by atoms with E-state index in [-0.39, 0.29) is 25.0 Å². The smallest absolute Gasteiger partial charge is 0.223 e. The Morgan fingerprint density at radius 1 is 1.35 bits per heavy atom. The molecule has 0 saturated heterocycles. The Hall–Kier alpha value is -1.85. The summed E-state index contributed by atoms with van der Waals surface area (Å²) in [4.78, 5) is 11.9. The lowest BCUT2D eigenvalue weighted by Gasteiger charge is -2.19. The number of carbonyl (C=O) groups is 1. The van der Waals surface area contributed by atoms with Crippen LogP contribution in [-0.2, 0) is 16.1 Å². The molecule has 0 unspecified atom stereocenters. The van der Waals surface area contributed by atoms with Crippen molar-refractivity contribution >= 4 is 5.91 Å². The van der Waals surface area contributed by atoms with Gasteiger partial charge in [-0.05, 0) is 37.0 Å². The molecule has 0 spiro atoms. The van der Waals surface area contributed by atoms with E-state index in [1.807, 2.05) is 30.3 Å². The number of amides is 1. The normalized spacial score (nSPS) is 18.4. The molecule has 0 aromatic heterocycles. The van der Waals surface area contributed by atoms with Crippen LogP contribution in [0, 0.1) is 5.92 Å². The summed E-state index contributed by atoms with van der Waals surface area (Å²) in [5.41, 5.74) is 1.01. The maximum Gasteiger partial charge on any atom is 0.223 e. The molecule has 0 bridgehead atoms. The van der Waals surface area contributed by atoms with E-state index in [0.717, 1.165) is 30.6 Å².